The number of hydrogen-bond acceptors (Lipinski definition) is 2. The zero-order valence-electron chi connectivity index (χ0n) is 9.13. The molecule has 3 nitrogen and oxygen atoms in total. The summed E-state index contributed by atoms with van der Waals surface area (Å²) in [7, 11) is 0. The maximum Gasteiger partial charge on any atom is 0.237 e. The van der Waals surface area contributed by atoms with Crippen LogP contribution < -0.4 is 11.1 Å². The van der Waals surface area contributed by atoms with Crippen LogP contribution in [0.3, 0.4) is 0 Å². The van der Waals surface area contributed by atoms with Crippen molar-refractivity contribution in [2.45, 2.75) is 52.6 Å². The fraction of sp³-hybridized carbons (Fsp3) is 0.900. The van der Waals surface area contributed by atoms with E-state index in [9.17, 15) is 4.79 Å². The topological polar surface area (TPSA) is 55.1 Å². The maximum absolute atomic E-state index is 11.3. The molecule has 13 heavy (non-hydrogen) atoms. The molecule has 0 heterocycles. The van der Waals surface area contributed by atoms with Crippen molar-refractivity contribution in [1.82, 2.24) is 5.32 Å². The molecule has 0 aromatic carbocycles. The Bertz CT molecular complexity index is 157. The summed E-state index contributed by atoms with van der Waals surface area (Å²) >= 11 is 0. The molecule has 2 atom stereocenters. The van der Waals surface area contributed by atoms with E-state index in [1.165, 1.54) is 0 Å². The molecule has 0 bridgehead atoms. The summed E-state index contributed by atoms with van der Waals surface area (Å²) in [5, 5.41) is 2.90. The summed E-state index contributed by atoms with van der Waals surface area (Å²) in [6.45, 7) is 8.21. The van der Waals surface area contributed by atoms with Gasteiger partial charge in [0.25, 0.3) is 0 Å². The molecule has 1 amide bonds. The molecule has 0 aromatic rings. The number of rotatable bonds is 5. The van der Waals surface area contributed by atoms with Crippen molar-refractivity contribution in [3.05, 3.63) is 0 Å². The van der Waals surface area contributed by atoms with Crippen LogP contribution in [0.2, 0.25) is 0 Å². The van der Waals surface area contributed by atoms with Gasteiger partial charge in [-0.3, -0.25) is 4.79 Å². The highest BCUT2D eigenvalue weighted by Gasteiger charge is 2.13. The number of nitrogens with one attached hydrogen (secondary N) is 1. The number of carbonyl (C=O) groups excluding carboxylic acids is 1. The second kappa shape index (κ2) is 5.97. The zero-order chi connectivity index (χ0) is 10.4. The molecule has 3 N–H and O–H groups in total. The van der Waals surface area contributed by atoms with Crippen molar-refractivity contribution in [2.24, 2.45) is 11.7 Å². The van der Waals surface area contributed by atoms with E-state index in [0.717, 1.165) is 6.42 Å². The third kappa shape index (κ3) is 5.64. The predicted molar refractivity (Wildman–Crippen MR) is 55.3 cm³/mol. The van der Waals surface area contributed by atoms with Crippen molar-refractivity contribution in [1.29, 1.82) is 0 Å². The minimum absolute atomic E-state index is 0.0318. The van der Waals surface area contributed by atoms with E-state index in [2.05, 4.69) is 19.2 Å². The number of nitrogens with two attached hydrogens (primary N) is 1. The Morgan fingerprint density at radius 3 is 2.31 bits per heavy atom. The Labute approximate surface area is 81.1 Å². The molecule has 0 saturated heterocycles. The highest BCUT2D eigenvalue weighted by molar-refractivity contribution is 5.81. The lowest BCUT2D eigenvalue weighted by Gasteiger charge is -2.18. The predicted octanol–water partition coefficient (Wildman–Crippen LogP) is 1.27. The number of amides is 1. The van der Waals surface area contributed by atoms with Crippen LogP contribution in [0, 0.1) is 5.92 Å². The van der Waals surface area contributed by atoms with Gasteiger partial charge in [-0.2, -0.15) is 0 Å². The number of hydrogen-bond donors (Lipinski definition) is 2. The molecular weight excluding hydrogens is 164 g/mol. The maximum atomic E-state index is 11.3. The molecule has 0 fully saturated rings. The van der Waals surface area contributed by atoms with Gasteiger partial charge in [0.2, 0.25) is 5.91 Å². The van der Waals surface area contributed by atoms with E-state index in [4.69, 9.17) is 5.73 Å². The third-order valence-corrected chi connectivity index (χ3v) is 1.99. The van der Waals surface area contributed by atoms with Gasteiger partial charge in [-0.05, 0) is 25.7 Å². The van der Waals surface area contributed by atoms with E-state index < -0.39 is 0 Å². The summed E-state index contributed by atoms with van der Waals surface area (Å²) in [5.41, 5.74) is 5.58. The summed E-state index contributed by atoms with van der Waals surface area (Å²) in [4.78, 5) is 11.3. The lowest BCUT2D eigenvalue weighted by molar-refractivity contribution is -0.123. The van der Waals surface area contributed by atoms with Gasteiger partial charge in [-0.1, -0.05) is 20.8 Å². The molecule has 0 aliphatic rings. The largest absolute Gasteiger partial charge is 0.352 e. The molecule has 0 spiro atoms. The average Bonchev–Trinajstić information content (AvgIpc) is 2.01. The van der Waals surface area contributed by atoms with Crippen molar-refractivity contribution < 1.29 is 4.79 Å². The van der Waals surface area contributed by atoms with Crippen LogP contribution >= 0.6 is 0 Å². The van der Waals surface area contributed by atoms with Gasteiger partial charge in [0.05, 0.1) is 6.04 Å². The minimum atomic E-state index is -0.352. The van der Waals surface area contributed by atoms with Crippen molar-refractivity contribution in [3.8, 4) is 0 Å². The van der Waals surface area contributed by atoms with Crippen LogP contribution in [0.4, 0.5) is 0 Å². The molecule has 0 aliphatic heterocycles. The monoisotopic (exact) mass is 186 g/mol. The summed E-state index contributed by atoms with van der Waals surface area (Å²) < 4.78 is 0. The fourth-order valence-corrected chi connectivity index (χ4v) is 1.30. The molecule has 0 aliphatic carbocycles. The Hall–Kier alpha value is -0.570. The first-order valence-electron chi connectivity index (χ1n) is 5.03. The molecule has 78 valence electrons. The minimum Gasteiger partial charge on any atom is -0.352 e. The first kappa shape index (κ1) is 12.4. The smallest absolute Gasteiger partial charge is 0.237 e. The van der Waals surface area contributed by atoms with Gasteiger partial charge in [0.1, 0.15) is 0 Å². The Morgan fingerprint density at radius 2 is 1.92 bits per heavy atom. The lowest BCUT2D eigenvalue weighted by Crippen LogP contribution is -2.44. The second-order valence-electron chi connectivity index (χ2n) is 4.05. The normalized spacial score (nSPS) is 15.5. The lowest BCUT2D eigenvalue weighted by atomic mass is 10.0. The summed E-state index contributed by atoms with van der Waals surface area (Å²) in [6, 6.07) is -0.125. The zero-order valence-corrected chi connectivity index (χ0v) is 9.13. The van der Waals surface area contributed by atoms with E-state index in [-0.39, 0.29) is 18.0 Å². The second-order valence-corrected chi connectivity index (χ2v) is 4.05. The van der Waals surface area contributed by atoms with Crippen LogP contribution in [0.1, 0.15) is 40.5 Å². The van der Waals surface area contributed by atoms with Gasteiger partial charge >= 0.3 is 0 Å². The van der Waals surface area contributed by atoms with E-state index in [1.54, 1.807) is 0 Å². The summed E-state index contributed by atoms with van der Waals surface area (Å²) in [6.07, 6.45) is 1.70. The van der Waals surface area contributed by atoms with Crippen molar-refractivity contribution >= 4 is 5.91 Å². The molecule has 0 aromatic heterocycles. The van der Waals surface area contributed by atoms with Gasteiger partial charge < -0.3 is 11.1 Å². The van der Waals surface area contributed by atoms with Crippen LogP contribution in [-0.4, -0.2) is 18.0 Å². The molecule has 3 heteroatoms. The standard InChI is InChI=1S/C10H22N2O/c1-5-9(11)10(13)12-8(4)6-7(2)3/h7-9H,5-6,11H2,1-4H3,(H,12,13). The molecule has 0 saturated carbocycles. The molecule has 2 unspecified atom stereocenters. The average molecular weight is 186 g/mol. The van der Waals surface area contributed by atoms with Crippen molar-refractivity contribution in [3.63, 3.8) is 0 Å². The van der Waals surface area contributed by atoms with Crippen LogP contribution in [0.15, 0.2) is 0 Å². The third-order valence-electron chi connectivity index (χ3n) is 1.99. The van der Waals surface area contributed by atoms with Crippen molar-refractivity contribution in [2.75, 3.05) is 0 Å². The van der Waals surface area contributed by atoms with Gasteiger partial charge in [-0.15, -0.1) is 0 Å². The molecule has 0 rings (SSSR count). The Balaban J connectivity index is 3.77. The van der Waals surface area contributed by atoms with Gasteiger partial charge in [0, 0.05) is 6.04 Å². The number of carbonyl (C=O) groups is 1. The van der Waals surface area contributed by atoms with Gasteiger partial charge in [0.15, 0.2) is 0 Å². The molecule has 0 radical (unpaired) electrons. The van der Waals surface area contributed by atoms with Crippen LogP contribution in [0.25, 0.3) is 0 Å². The van der Waals surface area contributed by atoms with E-state index >= 15 is 0 Å². The van der Waals surface area contributed by atoms with E-state index in [1.807, 2.05) is 13.8 Å². The van der Waals surface area contributed by atoms with Gasteiger partial charge in [-0.25, -0.2) is 0 Å². The highest BCUT2D eigenvalue weighted by Crippen LogP contribution is 2.03. The summed E-state index contributed by atoms with van der Waals surface area (Å²) in [5.74, 6) is 0.573. The Morgan fingerprint density at radius 1 is 1.38 bits per heavy atom. The van der Waals surface area contributed by atoms with Crippen LogP contribution in [0.5, 0.6) is 0 Å². The first-order chi connectivity index (χ1) is 5.97. The fourth-order valence-electron chi connectivity index (χ4n) is 1.30. The highest BCUT2D eigenvalue weighted by atomic mass is 16.2. The van der Waals surface area contributed by atoms with E-state index in [0.29, 0.717) is 12.3 Å². The Kier molecular flexibility index (Phi) is 5.71. The quantitative estimate of drug-likeness (QED) is 0.679. The first-order valence-corrected chi connectivity index (χ1v) is 5.03. The van der Waals surface area contributed by atoms with Crippen LogP contribution in [-0.2, 0) is 4.79 Å². The SMILES string of the molecule is CCC(N)C(=O)NC(C)CC(C)C. The molecular formula is C10H22N2O.